The van der Waals surface area contributed by atoms with Crippen LogP contribution in [0.1, 0.15) is 62.1 Å². The van der Waals surface area contributed by atoms with Gasteiger partial charge in [0, 0.05) is 5.92 Å². The molecule has 0 heterocycles. The Morgan fingerprint density at radius 2 is 1.78 bits per heavy atom. The molecule has 0 fully saturated rings. The van der Waals surface area contributed by atoms with E-state index in [2.05, 4.69) is 36.9 Å². The molecule has 0 aromatic heterocycles. The summed E-state index contributed by atoms with van der Waals surface area (Å²) in [6.45, 7) is 7.42. The third kappa shape index (κ3) is 4.41. The molecule has 2 nitrogen and oxygen atoms in total. The molecular weight excluding hydrogens is 337 g/mol. The summed E-state index contributed by atoms with van der Waals surface area (Å²) < 4.78 is 13.5. The van der Waals surface area contributed by atoms with Gasteiger partial charge in [0.15, 0.2) is 0 Å². The van der Waals surface area contributed by atoms with E-state index in [0.29, 0.717) is 0 Å². The molecule has 1 aliphatic rings. The van der Waals surface area contributed by atoms with Gasteiger partial charge < -0.3 is 10.0 Å². The van der Waals surface area contributed by atoms with Crippen molar-refractivity contribution >= 4 is 0 Å². The summed E-state index contributed by atoms with van der Waals surface area (Å²) in [4.78, 5) is 2.40. The number of fused-ring (bicyclic) bond motifs is 1. The number of hydrogen-bond donors (Lipinski definition) is 1. The summed E-state index contributed by atoms with van der Waals surface area (Å²) in [6, 6.07) is 15.1. The molecule has 2 aromatic rings. The quantitative estimate of drug-likeness (QED) is 0.673. The van der Waals surface area contributed by atoms with Crippen LogP contribution in [0, 0.1) is 5.82 Å². The Kier molecular flexibility index (Phi) is 6.67. The van der Waals surface area contributed by atoms with E-state index in [0.717, 1.165) is 62.9 Å². The lowest BCUT2D eigenvalue weighted by molar-refractivity contribution is -0.00672. The first-order chi connectivity index (χ1) is 13.1. The summed E-state index contributed by atoms with van der Waals surface area (Å²) in [5.41, 5.74) is 2.46. The van der Waals surface area contributed by atoms with Gasteiger partial charge in [-0.3, -0.25) is 0 Å². The highest BCUT2D eigenvalue weighted by atomic mass is 19.1. The number of aliphatic hydroxyl groups is 1. The lowest BCUT2D eigenvalue weighted by Gasteiger charge is -2.37. The molecule has 1 aliphatic carbocycles. The summed E-state index contributed by atoms with van der Waals surface area (Å²) in [5, 5.41) is 12.0. The number of aryl methyl sites for hydroxylation is 1. The van der Waals surface area contributed by atoms with E-state index in [4.69, 9.17) is 0 Å². The van der Waals surface area contributed by atoms with E-state index in [-0.39, 0.29) is 11.7 Å². The molecule has 1 N–H and O–H groups in total. The lowest BCUT2D eigenvalue weighted by atomic mass is 9.73. The predicted molar refractivity (Wildman–Crippen MR) is 109 cm³/mol. The van der Waals surface area contributed by atoms with Crippen molar-refractivity contribution in [3.8, 4) is 0 Å². The SMILES string of the molecule is CCN(CC)CCCC1(O)c2ccccc2CCCC1c1ccc(F)cc1. The first-order valence-corrected chi connectivity index (χ1v) is 10.4. The van der Waals surface area contributed by atoms with Crippen LogP contribution in [0.25, 0.3) is 0 Å². The Morgan fingerprint density at radius 3 is 2.48 bits per heavy atom. The van der Waals surface area contributed by atoms with Gasteiger partial charge in [0.2, 0.25) is 0 Å². The molecular formula is C24H32FNO. The van der Waals surface area contributed by atoms with E-state index in [1.54, 1.807) is 0 Å². The van der Waals surface area contributed by atoms with Crippen LogP contribution in [0.3, 0.4) is 0 Å². The fourth-order valence-corrected chi connectivity index (χ4v) is 4.64. The molecule has 27 heavy (non-hydrogen) atoms. The second kappa shape index (κ2) is 8.99. The average Bonchev–Trinajstić information content (AvgIpc) is 2.83. The average molecular weight is 370 g/mol. The molecule has 2 atom stereocenters. The first kappa shape index (κ1) is 20.0. The Morgan fingerprint density at radius 1 is 1.07 bits per heavy atom. The molecule has 0 spiro atoms. The fraction of sp³-hybridized carbons (Fsp3) is 0.500. The summed E-state index contributed by atoms with van der Waals surface area (Å²) >= 11 is 0. The van der Waals surface area contributed by atoms with Gasteiger partial charge in [-0.05, 0) is 80.6 Å². The highest BCUT2D eigenvalue weighted by molar-refractivity contribution is 5.38. The van der Waals surface area contributed by atoms with Gasteiger partial charge >= 0.3 is 0 Å². The second-order valence-corrected chi connectivity index (χ2v) is 7.71. The van der Waals surface area contributed by atoms with E-state index in [1.165, 1.54) is 17.7 Å². The van der Waals surface area contributed by atoms with Gasteiger partial charge in [-0.25, -0.2) is 4.39 Å². The zero-order chi connectivity index (χ0) is 19.3. The number of benzene rings is 2. The zero-order valence-corrected chi connectivity index (χ0v) is 16.6. The highest BCUT2D eigenvalue weighted by Crippen LogP contribution is 2.47. The molecule has 0 aliphatic heterocycles. The maximum atomic E-state index is 13.5. The van der Waals surface area contributed by atoms with E-state index >= 15 is 0 Å². The van der Waals surface area contributed by atoms with Crippen LogP contribution in [0.15, 0.2) is 48.5 Å². The van der Waals surface area contributed by atoms with Crippen molar-refractivity contribution in [2.24, 2.45) is 0 Å². The molecule has 3 rings (SSSR count). The van der Waals surface area contributed by atoms with Crippen molar-refractivity contribution < 1.29 is 9.50 Å². The molecule has 2 unspecified atom stereocenters. The van der Waals surface area contributed by atoms with Crippen molar-refractivity contribution in [1.82, 2.24) is 4.90 Å². The van der Waals surface area contributed by atoms with Gasteiger partial charge in [0.1, 0.15) is 5.82 Å². The van der Waals surface area contributed by atoms with Crippen LogP contribution < -0.4 is 0 Å². The normalized spacial score (nSPS) is 22.5. The Bertz CT molecular complexity index is 725. The van der Waals surface area contributed by atoms with Crippen molar-refractivity contribution in [2.75, 3.05) is 19.6 Å². The Labute approximate surface area is 163 Å². The maximum absolute atomic E-state index is 13.5. The van der Waals surface area contributed by atoms with E-state index in [1.807, 2.05) is 18.2 Å². The Hall–Kier alpha value is -1.71. The minimum absolute atomic E-state index is 0.00143. The van der Waals surface area contributed by atoms with Gasteiger partial charge in [0.25, 0.3) is 0 Å². The topological polar surface area (TPSA) is 23.5 Å². The molecule has 0 bridgehead atoms. The summed E-state index contributed by atoms with van der Waals surface area (Å²) in [6.07, 6.45) is 4.62. The second-order valence-electron chi connectivity index (χ2n) is 7.71. The maximum Gasteiger partial charge on any atom is 0.123 e. The van der Waals surface area contributed by atoms with Crippen LogP contribution in [0.5, 0.6) is 0 Å². The van der Waals surface area contributed by atoms with E-state index < -0.39 is 5.60 Å². The standard InChI is InChI=1S/C24H32FNO/c1-3-26(4-2)18-8-17-24(27)22-11-6-5-9-19(22)10-7-12-23(24)20-13-15-21(25)16-14-20/h5-6,9,11,13-16,23,27H,3-4,7-8,10,12,17-18H2,1-2H3. The zero-order valence-electron chi connectivity index (χ0n) is 16.6. The molecule has 0 saturated heterocycles. The predicted octanol–water partition coefficient (Wildman–Crippen LogP) is 5.26. The van der Waals surface area contributed by atoms with Crippen LogP contribution in [0.2, 0.25) is 0 Å². The first-order valence-electron chi connectivity index (χ1n) is 10.4. The van der Waals surface area contributed by atoms with Gasteiger partial charge in [-0.2, -0.15) is 0 Å². The lowest BCUT2D eigenvalue weighted by Crippen LogP contribution is -2.35. The van der Waals surface area contributed by atoms with E-state index in [9.17, 15) is 9.50 Å². The van der Waals surface area contributed by atoms with Crippen molar-refractivity contribution in [2.45, 2.75) is 57.5 Å². The minimum Gasteiger partial charge on any atom is -0.385 e. The minimum atomic E-state index is -0.905. The van der Waals surface area contributed by atoms with Gasteiger partial charge in [0.05, 0.1) is 5.60 Å². The third-order valence-electron chi connectivity index (χ3n) is 6.20. The molecule has 2 aromatic carbocycles. The number of rotatable bonds is 7. The molecule has 0 amide bonds. The molecule has 3 heteroatoms. The van der Waals surface area contributed by atoms with Crippen LogP contribution in [-0.2, 0) is 12.0 Å². The molecule has 0 radical (unpaired) electrons. The number of halogens is 1. The third-order valence-corrected chi connectivity index (χ3v) is 6.20. The fourth-order valence-electron chi connectivity index (χ4n) is 4.64. The highest BCUT2D eigenvalue weighted by Gasteiger charge is 2.41. The van der Waals surface area contributed by atoms with Crippen LogP contribution >= 0.6 is 0 Å². The summed E-state index contributed by atoms with van der Waals surface area (Å²) in [5.74, 6) is -0.226. The van der Waals surface area contributed by atoms with Crippen LogP contribution in [-0.4, -0.2) is 29.6 Å². The van der Waals surface area contributed by atoms with Crippen LogP contribution in [0.4, 0.5) is 4.39 Å². The van der Waals surface area contributed by atoms with Gasteiger partial charge in [-0.15, -0.1) is 0 Å². The number of nitrogens with zero attached hydrogens (tertiary/aromatic N) is 1. The number of hydrogen-bond acceptors (Lipinski definition) is 2. The molecule has 0 saturated carbocycles. The van der Waals surface area contributed by atoms with Crippen molar-refractivity contribution in [1.29, 1.82) is 0 Å². The Balaban J connectivity index is 1.94. The molecule has 146 valence electrons. The van der Waals surface area contributed by atoms with Gasteiger partial charge in [-0.1, -0.05) is 50.2 Å². The summed E-state index contributed by atoms with van der Waals surface area (Å²) in [7, 11) is 0. The van der Waals surface area contributed by atoms with Crippen molar-refractivity contribution in [3.63, 3.8) is 0 Å². The smallest absolute Gasteiger partial charge is 0.123 e. The van der Waals surface area contributed by atoms with Crippen molar-refractivity contribution in [3.05, 3.63) is 71.0 Å². The monoisotopic (exact) mass is 369 g/mol. The largest absolute Gasteiger partial charge is 0.385 e.